The van der Waals surface area contributed by atoms with Crippen LogP contribution in [0.3, 0.4) is 0 Å². The number of aromatic amines is 1. The van der Waals surface area contributed by atoms with Gasteiger partial charge >= 0.3 is 0 Å². The Kier molecular flexibility index (Phi) is 5.13. The van der Waals surface area contributed by atoms with Crippen molar-refractivity contribution < 1.29 is 4.39 Å². The highest BCUT2D eigenvalue weighted by Gasteiger charge is 2.04. The Morgan fingerprint density at radius 2 is 1.95 bits per heavy atom. The molecule has 0 amide bonds. The van der Waals surface area contributed by atoms with Crippen molar-refractivity contribution in [3.05, 3.63) is 48.5 Å². The van der Waals surface area contributed by atoms with E-state index >= 15 is 0 Å². The van der Waals surface area contributed by atoms with Gasteiger partial charge in [0, 0.05) is 18.2 Å². The SMILES string of the molecule is CCCCCC[CH]c1nc(-c2ccc(F)cc2)c[nH]1. The molecule has 101 valence electrons. The van der Waals surface area contributed by atoms with Crippen molar-refractivity contribution in [1.82, 2.24) is 9.97 Å². The van der Waals surface area contributed by atoms with Crippen LogP contribution >= 0.6 is 0 Å². The summed E-state index contributed by atoms with van der Waals surface area (Å²) in [6.45, 7) is 2.21. The van der Waals surface area contributed by atoms with E-state index in [2.05, 4.69) is 23.3 Å². The average molecular weight is 259 g/mol. The smallest absolute Gasteiger partial charge is 0.123 e. The third kappa shape index (κ3) is 4.19. The van der Waals surface area contributed by atoms with Gasteiger partial charge in [0.05, 0.1) is 5.69 Å². The zero-order valence-electron chi connectivity index (χ0n) is 11.3. The van der Waals surface area contributed by atoms with Gasteiger partial charge in [0.25, 0.3) is 0 Å². The van der Waals surface area contributed by atoms with Crippen molar-refractivity contribution in [2.75, 3.05) is 0 Å². The zero-order valence-corrected chi connectivity index (χ0v) is 11.3. The lowest BCUT2D eigenvalue weighted by atomic mass is 10.1. The van der Waals surface area contributed by atoms with Crippen LogP contribution < -0.4 is 0 Å². The van der Waals surface area contributed by atoms with Gasteiger partial charge in [0.2, 0.25) is 0 Å². The molecule has 0 bridgehead atoms. The Hall–Kier alpha value is -1.64. The molecule has 2 rings (SSSR count). The molecular formula is C16H20FN2. The number of H-pyrrole nitrogens is 1. The maximum Gasteiger partial charge on any atom is 0.123 e. The van der Waals surface area contributed by atoms with Crippen molar-refractivity contribution in [3.8, 4) is 11.3 Å². The Morgan fingerprint density at radius 3 is 2.68 bits per heavy atom. The highest BCUT2D eigenvalue weighted by molar-refractivity contribution is 5.58. The minimum Gasteiger partial charge on any atom is -0.348 e. The molecule has 1 N–H and O–H groups in total. The molecule has 0 spiro atoms. The number of nitrogens with zero attached hydrogens (tertiary/aromatic N) is 1. The molecule has 0 aliphatic rings. The Morgan fingerprint density at radius 1 is 1.16 bits per heavy atom. The molecular weight excluding hydrogens is 239 g/mol. The first-order valence-corrected chi connectivity index (χ1v) is 6.94. The molecule has 1 radical (unpaired) electrons. The molecule has 19 heavy (non-hydrogen) atoms. The minimum atomic E-state index is -0.220. The van der Waals surface area contributed by atoms with E-state index in [-0.39, 0.29) is 5.82 Å². The van der Waals surface area contributed by atoms with Gasteiger partial charge in [-0.25, -0.2) is 9.37 Å². The van der Waals surface area contributed by atoms with Crippen LogP contribution in [-0.2, 0) is 0 Å². The normalized spacial score (nSPS) is 10.8. The zero-order chi connectivity index (χ0) is 13.5. The van der Waals surface area contributed by atoms with E-state index in [1.807, 2.05) is 6.20 Å². The quantitative estimate of drug-likeness (QED) is 0.715. The van der Waals surface area contributed by atoms with Gasteiger partial charge in [0.1, 0.15) is 11.6 Å². The van der Waals surface area contributed by atoms with E-state index in [0.717, 1.165) is 23.5 Å². The van der Waals surface area contributed by atoms with Gasteiger partial charge in [-0.3, -0.25) is 0 Å². The summed E-state index contributed by atoms with van der Waals surface area (Å²) in [6.07, 6.45) is 10.1. The van der Waals surface area contributed by atoms with Crippen LogP contribution in [0.5, 0.6) is 0 Å². The number of hydrogen-bond acceptors (Lipinski definition) is 1. The summed E-state index contributed by atoms with van der Waals surface area (Å²) in [4.78, 5) is 7.64. The molecule has 0 aliphatic carbocycles. The predicted molar refractivity (Wildman–Crippen MR) is 76.1 cm³/mol. The Bertz CT molecular complexity index is 488. The summed E-state index contributed by atoms with van der Waals surface area (Å²) in [5.41, 5.74) is 1.79. The molecule has 0 unspecified atom stereocenters. The number of aromatic nitrogens is 2. The van der Waals surface area contributed by atoms with Crippen LogP contribution in [0.15, 0.2) is 30.5 Å². The Balaban J connectivity index is 1.86. The summed E-state index contributed by atoms with van der Waals surface area (Å²) in [7, 11) is 0. The van der Waals surface area contributed by atoms with E-state index < -0.39 is 0 Å². The van der Waals surface area contributed by atoms with Gasteiger partial charge in [-0.05, 0) is 30.7 Å². The molecule has 3 heteroatoms. The minimum absolute atomic E-state index is 0.220. The number of rotatable bonds is 7. The molecule has 2 nitrogen and oxygen atoms in total. The molecule has 2 aromatic rings. The fourth-order valence-electron chi connectivity index (χ4n) is 2.02. The van der Waals surface area contributed by atoms with Crippen molar-refractivity contribution in [3.63, 3.8) is 0 Å². The molecule has 1 heterocycles. The highest BCUT2D eigenvalue weighted by Crippen LogP contribution is 2.18. The van der Waals surface area contributed by atoms with Gasteiger partial charge in [-0.2, -0.15) is 0 Å². The molecule has 1 aromatic carbocycles. The maximum absolute atomic E-state index is 12.8. The summed E-state index contributed by atoms with van der Waals surface area (Å²) >= 11 is 0. The van der Waals surface area contributed by atoms with Crippen LogP contribution in [0.25, 0.3) is 11.3 Å². The largest absolute Gasteiger partial charge is 0.348 e. The van der Waals surface area contributed by atoms with Crippen LogP contribution in [0.4, 0.5) is 4.39 Å². The van der Waals surface area contributed by atoms with Crippen LogP contribution in [-0.4, -0.2) is 9.97 Å². The summed E-state index contributed by atoms with van der Waals surface area (Å²) < 4.78 is 12.8. The lowest BCUT2D eigenvalue weighted by molar-refractivity contribution is 0.628. The predicted octanol–water partition coefficient (Wildman–Crippen LogP) is 4.74. The molecule has 0 saturated carbocycles. The summed E-state index contributed by atoms with van der Waals surface area (Å²) in [5, 5.41) is 0. The van der Waals surface area contributed by atoms with Crippen molar-refractivity contribution in [2.24, 2.45) is 0 Å². The highest BCUT2D eigenvalue weighted by atomic mass is 19.1. The second-order valence-corrected chi connectivity index (χ2v) is 4.73. The van der Waals surface area contributed by atoms with E-state index in [9.17, 15) is 4.39 Å². The third-order valence-corrected chi connectivity index (χ3v) is 3.13. The number of unbranched alkanes of at least 4 members (excludes halogenated alkanes) is 4. The van der Waals surface area contributed by atoms with E-state index in [0.29, 0.717) is 0 Å². The molecule has 0 atom stereocenters. The Labute approximate surface area is 114 Å². The monoisotopic (exact) mass is 259 g/mol. The van der Waals surface area contributed by atoms with E-state index in [4.69, 9.17) is 0 Å². The van der Waals surface area contributed by atoms with Crippen molar-refractivity contribution >= 4 is 0 Å². The lowest BCUT2D eigenvalue weighted by Crippen LogP contribution is -1.86. The second kappa shape index (κ2) is 7.07. The maximum atomic E-state index is 12.8. The van der Waals surface area contributed by atoms with E-state index in [1.165, 1.54) is 37.8 Å². The first-order valence-electron chi connectivity index (χ1n) is 6.94. The van der Waals surface area contributed by atoms with Gasteiger partial charge in [-0.1, -0.05) is 32.6 Å². The number of halogens is 1. The van der Waals surface area contributed by atoms with Crippen molar-refractivity contribution in [2.45, 2.75) is 39.0 Å². The summed E-state index contributed by atoms with van der Waals surface area (Å²) in [5.74, 6) is 0.679. The van der Waals surface area contributed by atoms with Crippen molar-refractivity contribution in [1.29, 1.82) is 0 Å². The third-order valence-electron chi connectivity index (χ3n) is 3.13. The lowest BCUT2D eigenvalue weighted by Gasteiger charge is -1.98. The molecule has 0 aliphatic heterocycles. The fourth-order valence-corrected chi connectivity index (χ4v) is 2.02. The number of nitrogens with one attached hydrogen (secondary N) is 1. The molecule has 1 aromatic heterocycles. The molecule has 0 fully saturated rings. The summed E-state index contributed by atoms with van der Waals surface area (Å²) in [6, 6.07) is 6.41. The van der Waals surface area contributed by atoms with Crippen LogP contribution in [0.1, 0.15) is 44.9 Å². The number of hydrogen-bond donors (Lipinski definition) is 1. The standard InChI is InChI=1S/C16H20FN2/c1-2-3-4-5-6-7-16-18-12-15(19-16)13-8-10-14(17)11-9-13/h7-12H,2-6H2,1H3,(H,18,19). The number of benzene rings is 1. The van der Waals surface area contributed by atoms with Gasteiger partial charge < -0.3 is 4.98 Å². The fraction of sp³-hybridized carbons (Fsp3) is 0.375. The number of imidazole rings is 1. The second-order valence-electron chi connectivity index (χ2n) is 4.73. The van der Waals surface area contributed by atoms with Gasteiger partial charge in [0.15, 0.2) is 0 Å². The molecule has 0 saturated heterocycles. The van der Waals surface area contributed by atoms with Crippen LogP contribution in [0.2, 0.25) is 0 Å². The topological polar surface area (TPSA) is 28.7 Å². The average Bonchev–Trinajstić information content (AvgIpc) is 2.88. The van der Waals surface area contributed by atoms with Crippen LogP contribution in [0, 0.1) is 12.2 Å². The van der Waals surface area contributed by atoms with E-state index in [1.54, 1.807) is 12.1 Å². The first-order chi connectivity index (χ1) is 9.29. The first kappa shape index (κ1) is 13.8. The van der Waals surface area contributed by atoms with Gasteiger partial charge in [-0.15, -0.1) is 0 Å².